The SMILES string of the molecule is CCCCCCCCCCON(CCCCCC(=O)O)P(=O)(O)O. The van der Waals surface area contributed by atoms with Crippen LogP contribution in [0.1, 0.15) is 84.0 Å². The first-order chi connectivity index (χ1) is 11.4. The van der Waals surface area contributed by atoms with Gasteiger partial charge in [-0.05, 0) is 19.3 Å². The molecule has 8 heteroatoms. The number of carboxylic acid groups (broad SMARTS) is 1. The lowest BCUT2D eigenvalue weighted by molar-refractivity contribution is -0.137. The van der Waals surface area contributed by atoms with E-state index in [0.29, 0.717) is 25.9 Å². The maximum absolute atomic E-state index is 11.4. The number of aliphatic carboxylic acids is 1. The summed E-state index contributed by atoms with van der Waals surface area (Å²) >= 11 is 0. The molecular weight excluding hydrogens is 333 g/mol. The Labute approximate surface area is 145 Å². The second-order valence-electron chi connectivity index (χ2n) is 6.10. The first-order valence-corrected chi connectivity index (χ1v) is 10.6. The number of rotatable bonds is 17. The summed E-state index contributed by atoms with van der Waals surface area (Å²) in [5, 5.41) is 8.54. The van der Waals surface area contributed by atoms with Gasteiger partial charge in [-0.25, -0.2) is 4.57 Å². The summed E-state index contributed by atoms with van der Waals surface area (Å²) in [5.74, 6) is -0.854. The van der Waals surface area contributed by atoms with Crippen molar-refractivity contribution < 1.29 is 29.1 Å². The maximum atomic E-state index is 11.4. The van der Waals surface area contributed by atoms with Crippen molar-refractivity contribution in [3.05, 3.63) is 0 Å². The Morgan fingerprint density at radius 2 is 1.46 bits per heavy atom. The van der Waals surface area contributed by atoms with Crippen molar-refractivity contribution in [1.29, 1.82) is 0 Å². The molecule has 0 bridgehead atoms. The zero-order valence-corrected chi connectivity index (χ0v) is 15.8. The highest BCUT2D eigenvalue weighted by atomic mass is 31.2. The van der Waals surface area contributed by atoms with Crippen LogP contribution in [0.2, 0.25) is 0 Å². The van der Waals surface area contributed by atoms with Crippen molar-refractivity contribution >= 4 is 13.7 Å². The molecule has 24 heavy (non-hydrogen) atoms. The predicted molar refractivity (Wildman–Crippen MR) is 93.4 cm³/mol. The van der Waals surface area contributed by atoms with E-state index in [9.17, 15) is 19.1 Å². The Hall–Kier alpha value is -0.460. The van der Waals surface area contributed by atoms with Gasteiger partial charge in [0.15, 0.2) is 0 Å². The molecule has 0 unspecified atom stereocenters. The number of hydrogen-bond donors (Lipinski definition) is 3. The molecule has 0 aromatic heterocycles. The van der Waals surface area contributed by atoms with Gasteiger partial charge in [0.1, 0.15) is 0 Å². The molecule has 3 N–H and O–H groups in total. The van der Waals surface area contributed by atoms with Crippen LogP contribution < -0.4 is 0 Å². The highest BCUT2D eigenvalue weighted by Crippen LogP contribution is 2.40. The van der Waals surface area contributed by atoms with Crippen LogP contribution in [-0.4, -0.2) is 38.8 Å². The molecule has 0 aromatic carbocycles. The molecule has 0 radical (unpaired) electrons. The van der Waals surface area contributed by atoms with Gasteiger partial charge in [-0.1, -0.05) is 63.1 Å². The number of unbranched alkanes of at least 4 members (excludes halogenated alkanes) is 9. The molecule has 0 amide bonds. The number of nitrogens with zero attached hydrogens (tertiary/aromatic N) is 1. The highest BCUT2D eigenvalue weighted by molar-refractivity contribution is 7.48. The predicted octanol–water partition coefficient (Wildman–Crippen LogP) is 4.10. The molecule has 0 heterocycles. The van der Waals surface area contributed by atoms with E-state index in [4.69, 9.17) is 9.94 Å². The van der Waals surface area contributed by atoms with E-state index in [1.165, 1.54) is 32.1 Å². The lowest BCUT2D eigenvalue weighted by Gasteiger charge is -2.22. The third kappa shape index (κ3) is 15.1. The Balaban J connectivity index is 3.73. The van der Waals surface area contributed by atoms with Gasteiger partial charge in [0, 0.05) is 13.0 Å². The summed E-state index contributed by atoms with van der Waals surface area (Å²) in [5.41, 5.74) is 0. The van der Waals surface area contributed by atoms with Gasteiger partial charge in [0.25, 0.3) is 0 Å². The standard InChI is InChI=1S/C16H34NO6P/c1-2-3-4-5-6-7-8-12-15-23-17(24(20,21)22)14-11-9-10-13-16(18)19/h2-15H2,1H3,(H,18,19)(H2,20,21,22). The van der Waals surface area contributed by atoms with Gasteiger partial charge in [-0.3, -0.25) is 9.63 Å². The molecule has 0 atom stereocenters. The number of carboxylic acids is 1. The van der Waals surface area contributed by atoms with Crippen LogP contribution in [0, 0.1) is 0 Å². The van der Waals surface area contributed by atoms with Crippen LogP contribution in [0.3, 0.4) is 0 Å². The fraction of sp³-hybridized carbons (Fsp3) is 0.938. The zero-order valence-electron chi connectivity index (χ0n) is 14.9. The van der Waals surface area contributed by atoms with Gasteiger partial charge >= 0.3 is 13.7 Å². The minimum absolute atomic E-state index is 0.0784. The summed E-state index contributed by atoms with van der Waals surface area (Å²) < 4.78 is 11.4. The molecule has 0 saturated heterocycles. The molecule has 0 aliphatic carbocycles. The van der Waals surface area contributed by atoms with Gasteiger partial charge < -0.3 is 14.9 Å². The first-order valence-electron chi connectivity index (χ1n) is 9.06. The van der Waals surface area contributed by atoms with Crippen LogP contribution in [0.15, 0.2) is 0 Å². The molecular formula is C16H34NO6P. The minimum atomic E-state index is -4.42. The molecule has 7 nitrogen and oxygen atoms in total. The second kappa shape index (κ2) is 14.8. The molecule has 0 aliphatic heterocycles. The van der Waals surface area contributed by atoms with Crippen LogP contribution in [-0.2, 0) is 14.2 Å². The summed E-state index contributed by atoms with van der Waals surface area (Å²) in [6.45, 7) is 2.60. The summed E-state index contributed by atoms with van der Waals surface area (Å²) in [6, 6.07) is 0. The normalized spacial score (nSPS) is 12.0. The number of hydroxylamine groups is 1. The van der Waals surface area contributed by atoms with E-state index in [1.807, 2.05) is 0 Å². The smallest absolute Gasteiger partial charge is 0.426 e. The molecule has 0 rings (SSSR count). The van der Waals surface area contributed by atoms with Gasteiger partial charge in [0.05, 0.1) is 6.61 Å². The molecule has 0 aliphatic rings. The largest absolute Gasteiger partial charge is 0.481 e. The lowest BCUT2D eigenvalue weighted by Crippen LogP contribution is -2.22. The Morgan fingerprint density at radius 3 is 2.00 bits per heavy atom. The van der Waals surface area contributed by atoms with E-state index in [1.54, 1.807) is 0 Å². The van der Waals surface area contributed by atoms with Crippen LogP contribution in [0.5, 0.6) is 0 Å². The molecule has 0 aromatic rings. The van der Waals surface area contributed by atoms with Gasteiger partial charge in [-0.2, -0.15) is 0 Å². The van der Waals surface area contributed by atoms with Crippen LogP contribution >= 0.6 is 7.75 Å². The van der Waals surface area contributed by atoms with E-state index in [-0.39, 0.29) is 13.0 Å². The number of hydrogen-bond acceptors (Lipinski definition) is 3. The van der Waals surface area contributed by atoms with Crippen molar-refractivity contribution in [3.63, 3.8) is 0 Å². The zero-order chi connectivity index (χ0) is 18.3. The van der Waals surface area contributed by atoms with Crippen molar-refractivity contribution in [2.45, 2.75) is 84.0 Å². The molecule has 0 fully saturated rings. The first kappa shape index (κ1) is 23.5. The Kier molecular flexibility index (Phi) is 14.6. The minimum Gasteiger partial charge on any atom is -0.481 e. The maximum Gasteiger partial charge on any atom is 0.426 e. The summed E-state index contributed by atoms with van der Waals surface area (Å²) in [4.78, 5) is 34.9. The fourth-order valence-electron chi connectivity index (χ4n) is 2.38. The van der Waals surface area contributed by atoms with Crippen molar-refractivity contribution in [2.75, 3.05) is 13.2 Å². The van der Waals surface area contributed by atoms with Crippen molar-refractivity contribution in [1.82, 2.24) is 4.83 Å². The van der Waals surface area contributed by atoms with E-state index >= 15 is 0 Å². The second-order valence-corrected chi connectivity index (χ2v) is 7.57. The molecule has 144 valence electrons. The quantitative estimate of drug-likeness (QED) is 0.202. The monoisotopic (exact) mass is 367 g/mol. The van der Waals surface area contributed by atoms with E-state index in [2.05, 4.69) is 6.92 Å². The van der Waals surface area contributed by atoms with Crippen molar-refractivity contribution in [2.24, 2.45) is 0 Å². The highest BCUT2D eigenvalue weighted by Gasteiger charge is 2.25. The van der Waals surface area contributed by atoms with Crippen molar-refractivity contribution in [3.8, 4) is 0 Å². The third-order valence-corrected chi connectivity index (χ3v) is 4.67. The lowest BCUT2D eigenvalue weighted by atomic mass is 10.1. The summed E-state index contributed by atoms with van der Waals surface area (Å²) in [7, 11) is -4.42. The average molecular weight is 367 g/mol. The molecule has 0 spiro atoms. The van der Waals surface area contributed by atoms with E-state index in [0.717, 1.165) is 24.1 Å². The van der Waals surface area contributed by atoms with Crippen LogP contribution in [0.25, 0.3) is 0 Å². The van der Waals surface area contributed by atoms with Gasteiger partial charge in [0.2, 0.25) is 0 Å². The Bertz CT molecular complexity index is 360. The Morgan fingerprint density at radius 1 is 0.917 bits per heavy atom. The fourth-order valence-corrected chi connectivity index (χ4v) is 3.01. The topological polar surface area (TPSA) is 107 Å². The number of carbonyl (C=O) groups is 1. The van der Waals surface area contributed by atoms with Gasteiger partial charge in [-0.15, -0.1) is 0 Å². The van der Waals surface area contributed by atoms with Crippen LogP contribution in [0.4, 0.5) is 0 Å². The third-order valence-electron chi connectivity index (χ3n) is 3.77. The average Bonchev–Trinajstić information content (AvgIpc) is 2.49. The molecule has 0 saturated carbocycles. The summed E-state index contributed by atoms with van der Waals surface area (Å²) in [6.07, 6.45) is 10.8. The van der Waals surface area contributed by atoms with E-state index < -0.39 is 13.7 Å².